The minimum atomic E-state index is -0.696. The predicted octanol–water partition coefficient (Wildman–Crippen LogP) is 3.58. The highest BCUT2D eigenvalue weighted by Gasteiger charge is 2.54. The second-order valence-corrected chi connectivity index (χ2v) is 8.44. The average molecular weight is 372 g/mol. The molecule has 4 aliphatic carbocycles. The number of benzene rings is 1. The van der Waals surface area contributed by atoms with Crippen molar-refractivity contribution in [3.8, 4) is 0 Å². The normalized spacial score (nSPS) is 30.8. The number of ketones is 1. The molecule has 0 aliphatic heterocycles. The van der Waals surface area contributed by atoms with E-state index in [1.54, 1.807) is 7.05 Å². The van der Waals surface area contributed by atoms with Crippen molar-refractivity contribution in [3.63, 3.8) is 0 Å². The van der Waals surface area contributed by atoms with Crippen LogP contribution >= 0.6 is 0 Å². The molecule has 0 heterocycles. The first kappa shape index (κ1) is 17.9. The number of nitro benzene ring substituents is 1. The lowest BCUT2D eigenvalue weighted by atomic mass is 9.48. The second kappa shape index (κ2) is 6.62. The van der Waals surface area contributed by atoms with E-state index in [2.05, 4.69) is 5.32 Å². The molecule has 4 saturated carbocycles. The fraction of sp³-hybridized carbons (Fsp3) is 0.600. The van der Waals surface area contributed by atoms with Crippen molar-refractivity contribution in [2.75, 3.05) is 19.0 Å². The summed E-state index contributed by atoms with van der Waals surface area (Å²) in [5, 5.41) is 13.9. The zero-order chi connectivity index (χ0) is 19.2. The van der Waals surface area contributed by atoms with Crippen LogP contribution in [0.5, 0.6) is 0 Å². The fourth-order valence-electron chi connectivity index (χ4n) is 5.84. The molecule has 0 atom stereocenters. The number of hydrogen-bond acceptors (Lipinski definition) is 6. The lowest BCUT2D eigenvalue weighted by Gasteiger charge is -2.55. The van der Waals surface area contributed by atoms with Crippen molar-refractivity contribution < 1.29 is 19.2 Å². The Morgan fingerprint density at radius 1 is 1.19 bits per heavy atom. The van der Waals surface area contributed by atoms with E-state index in [-0.39, 0.29) is 29.1 Å². The van der Waals surface area contributed by atoms with Crippen LogP contribution in [0.15, 0.2) is 18.2 Å². The van der Waals surface area contributed by atoms with Gasteiger partial charge in [-0.2, -0.15) is 0 Å². The summed E-state index contributed by atoms with van der Waals surface area (Å²) in [6.45, 7) is -0.243. The monoisotopic (exact) mass is 372 g/mol. The van der Waals surface area contributed by atoms with E-state index in [1.807, 2.05) is 0 Å². The summed E-state index contributed by atoms with van der Waals surface area (Å²) in [5.74, 6) is 1.27. The van der Waals surface area contributed by atoms with Crippen LogP contribution in [0.4, 0.5) is 11.4 Å². The number of anilines is 1. The van der Waals surface area contributed by atoms with Gasteiger partial charge in [-0.1, -0.05) is 0 Å². The molecule has 0 saturated heterocycles. The summed E-state index contributed by atoms with van der Waals surface area (Å²) in [5.41, 5.74) is -0.101. The molecule has 4 aliphatic rings. The summed E-state index contributed by atoms with van der Waals surface area (Å²) in [6, 6.07) is 4.12. The maximum Gasteiger partial charge on any atom is 0.338 e. The van der Waals surface area contributed by atoms with Crippen LogP contribution in [0.25, 0.3) is 0 Å². The summed E-state index contributed by atoms with van der Waals surface area (Å²) < 4.78 is 5.26. The van der Waals surface area contributed by atoms with E-state index in [0.717, 1.165) is 19.3 Å². The van der Waals surface area contributed by atoms with E-state index in [9.17, 15) is 19.7 Å². The summed E-state index contributed by atoms with van der Waals surface area (Å²) in [4.78, 5) is 35.8. The molecule has 1 aromatic rings. The smallest absolute Gasteiger partial charge is 0.338 e. The first-order chi connectivity index (χ1) is 12.9. The maximum absolute atomic E-state index is 12.9. The van der Waals surface area contributed by atoms with Crippen molar-refractivity contribution in [3.05, 3.63) is 33.9 Å². The minimum Gasteiger partial charge on any atom is -0.454 e. The SMILES string of the molecule is CNc1ccc(C(=O)OCC(=O)C23CC4CC(CC(C4)C2)C3)cc1[N+](=O)[O-]. The zero-order valence-electron chi connectivity index (χ0n) is 15.4. The van der Waals surface area contributed by atoms with Gasteiger partial charge in [0, 0.05) is 18.5 Å². The lowest BCUT2D eigenvalue weighted by Crippen LogP contribution is -2.51. The van der Waals surface area contributed by atoms with Crippen molar-refractivity contribution in [1.29, 1.82) is 0 Å². The summed E-state index contributed by atoms with van der Waals surface area (Å²) in [6.07, 6.45) is 6.52. The molecule has 27 heavy (non-hydrogen) atoms. The van der Waals surface area contributed by atoms with Gasteiger partial charge < -0.3 is 10.1 Å². The Morgan fingerprint density at radius 3 is 2.30 bits per heavy atom. The van der Waals surface area contributed by atoms with Crippen molar-refractivity contribution in [2.45, 2.75) is 38.5 Å². The van der Waals surface area contributed by atoms with Gasteiger partial charge in [-0.15, -0.1) is 0 Å². The van der Waals surface area contributed by atoms with Gasteiger partial charge in [0.2, 0.25) is 0 Å². The molecular formula is C20H24N2O5. The van der Waals surface area contributed by atoms with Gasteiger partial charge in [0.25, 0.3) is 5.69 Å². The van der Waals surface area contributed by atoms with Crippen LogP contribution in [-0.2, 0) is 9.53 Å². The van der Waals surface area contributed by atoms with Crippen molar-refractivity contribution in [2.24, 2.45) is 23.2 Å². The van der Waals surface area contributed by atoms with Crippen LogP contribution in [0.3, 0.4) is 0 Å². The first-order valence-electron chi connectivity index (χ1n) is 9.57. The van der Waals surface area contributed by atoms with Crippen LogP contribution < -0.4 is 5.32 Å². The van der Waals surface area contributed by atoms with E-state index in [4.69, 9.17) is 4.74 Å². The highest BCUT2D eigenvalue weighted by Crippen LogP contribution is 2.60. The number of nitro groups is 1. The highest BCUT2D eigenvalue weighted by molar-refractivity contribution is 5.94. The Kier molecular flexibility index (Phi) is 4.40. The molecule has 4 bridgehead atoms. The number of nitrogens with zero attached hydrogens (tertiary/aromatic N) is 1. The third-order valence-electron chi connectivity index (χ3n) is 6.66. The molecule has 7 heteroatoms. The maximum atomic E-state index is 12.9. The van der Waals surface area contributed by atoms with E-state index < -0.39 is 10.9 Å². The molecule has 5 rings (SSSR count). The molecule has 0 aromatic heterocycles. The van der Waals surface area contributed by atoms with Gasteiger partial charge >= 0.3 is 5.97 Å². The van der Waals surface area contributed by atoms with Crippen LogP contribution in [0, 0.1) is 33.3 Å². The number of esters is 1. The molecule has 1 N–H and O–H groups in total. The second-order valence-electron chi connectivity index (χ2n) is 8.44. The number of rotatable bonds is 6. The van der Waals surface area contributed by atoms with Crippen LogP contribution in [0.1, 0.15) is 48.9 Å². The molecule has 0 unspecified atom stereocenters. The Labute approximate surface area is 157 Å². The van der Waals surface area contributed by atoms with Crippen LogP contribution in [-0.4, -0.2) is 30.3 Å². The van der Waals surface area contributed by atoms with Gasteiger partial charge in [-0.25, -0.2) is 4.79 Å². The molecule has 7 nitrogen and oxygen atoms in total. The molecular weight excluding hydrogens is 348 g/mol. The van der Waals surface area contributed by atoms with Crippen molar-refractivity contribution in [1.82, 2.24) is 0 Å². The van der Waals surface area contributed by atoms with Crippen LogP contribution in [0.2, 0.25) is 0 Å². The van der Waals surface area contributed by atoms with Gasteiger partial charge in [0.15, 0.2) is 12.4 Å². The molecule has 4 fully saturated rings. The largest absolute Gasteiger partial charge is 0.454 e. The Bertz CT molecular complexity index is 768. The van der Waals surface area contributed by atoms with Gasteiger partial charge in [-0.05, 0) is 68.4 Å². The third-order valence-corrected chi connectivity index (χ3v) is 6.66. The molecule has 0 radical (unpaired) electrons. The summed E-state index contributed by atoms with van der Waals surface area (Å²) >= 11 is 0. The molecule has 0 amide bonds. The van der Waals surface area contributed by atoms with Gasteiger partial charge in [0.05, 0.1) is 10.5 Å². The van der Waals surface area contributed by atoms with Gasteiger partial charge in [-0.3, -0.25) is 14.9 Å². The Balaban J connectivity index is 1.43. The van der Waals surface area contributed by atoms with E-state index in [0.29, 0.717) is 23.4 Å². The third kappa shape index (κ3) is 3.19. The standard InChI is InChI=1S/C20H24N2O5/c1-21-16-3-2-15(7-17(16)22(25)26)19(24)27-11-18(23)20-8-12-4-13(9-20)6-14(5-12)10-20/h2-3,7,12-14,21H,4-6,8-11H2,1H3. The van der Waals surface area contributed by atoms with Gasteiger partial charge in [0.1, 0.15) is 5.69 Å². The Hall–Kier alpha value is -2.44. The molecule has 144 valence electrons. The number of nitrogens with one attached hydrogen (secondary N) is 1. The highest BCUT2D eigenvalue weighted by atomic mass is 16.6. The van der Waals surface area contributed by atoms with E-state index >= 15 is 0 Å². The topological polar surface area (TPSA) is 98.5 Å². The predicted molar refractivity (Wildman–Crippen MR) is 98.5 cm³/mol. The zero-order valence-corrected chi connectivity index (χ0v) is 15.4. The number of carbonyl (C=O) groups excluding carboxylic acids is 2. The van der Waals surface area contributed by atoms with Crippen molar-refractivity contribution >= 4 is 23.1 Å². The average Bonchev–Trinajstić information content (AvgIpc) is 2.64. The fourth-order valence-corrected chi connectivity index (χ4v) is 5.84. The quantitative estimate of drug-likeness (QED) is 0.465. The number of Topliss-reactive ketones (excluding diaryl/α,β-unsaturated/α-hetero) is 1. The number of ether oxygens (including phenoxy) is 1. The minimum absolute atomic E-state index is 0.0243. The molecule has 0 spiro atoms. The molecule has 1 aromatic carbocycles. The van der Waals surface area contributed by atoms with E-state index in [1.165, 1.54) is 37.5 Å². The Morgan fingerprint density at radius 2 is 1.78 bits per heavy atom. The number of hydrogen-bond donors (Lipinski definition) is 1. The lowest BCUT2D eigenvalue weighted by molar-refractivity contribution is -0.384. The number of carbonyl (C=O) groups is 2. The summed E-state index contributed by atoms with van der Waals surface area (Å²) in [7, 11) is 1.57. The first-order valence-corrected chi connectivity index (χ1v) is 9.57.